The summed E-state index contributed by atoms with van der Waals surface area (Å²) in [5.74, 6) is -1.25. The second kappa shape index (κ2) is 4.33. The van der Waals surface area contributed by atoms with Crippen molar-refractivity contribution in [3.8, 4) is 0 Å². The first-order valence-corrected chi connectivity index (χ1v) is 5.68. The highest BCUT2D eigenvalue weighted by Gasteiger charge is 2.43. The van der Waals surface area contributed by atoms with Crippen molar-refractivity contribution in [1.29, 1.82) is 0 Å². The number of carboxylic acids is 1. The molecular formula is C12H16N2O3. The number of carboxylic acid groups (broad SMARTS) is 1. The highest BCUT2D eigenvalue weighted by molar-refractivity contribution is 5.88. The van der Waals surface area contributed by atoms with E-state index in [-0.39, 0.29) is 11.9 Å². The minimum atomic E-state index is -0.967. The molecule has 17 heavy (non-hydrogen) atoms. The van der Waals surface area contributed by atoms with E-state index in [0.717, 1.165) is 5.57 Å². The van der Waals surface area contributed by atoms with Crippen LogP contribution in [0.3, 0.4) is 0 Å². The summed E-state index contributed by atoms with van der Waals surface area (Å²) in [6.07, 6.45) is 5.20. The summed E-state index contributed by atoms with van der Waals surface area (Å²) >= 11 is 0. The van der Waals surface area contributed by atoms with E-state index in [2.05, 4.69) is 6.58 Å². The van der Waals surface area contributed by atoms with Gasteiger partial charge in [-0.25, -0.2) is 4.79 Å². The molecule has 3 N–H and O–H groups in total. The van der Waals surface area contributed by atoms with Gasteiger partial charge in [-0.05, 0) is 24.8 Å². The van der Waals surface area contributed by atoms with Crippen LogP contribution in [0.15, 0.2) is 24.3 Å². The van der Waals surface area contributed by atoms with Gasteiger partial charge in [0.15, 0.2) is 0 Å². The van der Waals surface area contributed by atoms with E-state index in [4.69, 9.17) is 10.8 Å². The normalized spacial score (nSPS) is 33.2. The topological polar surface area (TPSA) is 83.6 Å². The SMILES string of the molecule is C=C1C=CC[C@H](N)C(=O)N2[C@@H]1CC[C@H]2C(=O)O. The summed E-state index contributed by atoms with van der Waals surface area (Å²) in [6.45, 7) is 3.90. The smallest absolute Gasteiger partial charge is 0.326 e. The molecule has 1 saturated heterocycles. The lowest BCUT2D eigenvalue weighted by Gasteiger charge is -2.32. The van der Waals surface area contributed by atoms with E-state index in [9.17, 15) is 9.59 Å². The zero-order chi connectivity index (χ0) is 12.6. The Morgan fingerprint density at radius 3 is 2.88 bits per heavy atom. The maximum Gasteiger partial charge on any atom is 0.326 e. The standard InChI is InChI=1S/C12H16N2O3/c1-7-3-2-4-8(13)11(15)14-9(7)5-6-10(14)12(16)17/h2-3,8-10H,1,4-6,13H2,(H,16,17)/t8-,9+,10-/m0/s1. The average molecular weight is 236 g/mol. The van der Waals surface area contributed by atoms with Crippen LogP contribution in [-0.4, -0.2) is 40.0 Å². The lowest BCUT2D eigenvalue weighted by Crippen LogP contribution is -2.52. The Labute approximate surface area is 99.6 Å². The number of aliphatic carboxylic acids is 1. The number of carbonyl (C=O) groups is 2. The van der Waals surface area contributed by atoms with Gasteiger partial charge in [0, 0.05) is 0 Å². The Balaban J connectivity index is 2.36. The van der Waals surface area contributed by atoms with Crippen molar-refractivity contribution < 1.29 is 14.7 Å². The maximum atomic E-state index is 12.1. The summed E-state index contributed by atoms with van der Waals surface area (Å²) in [5.41, 5.74) is 6.53. The Hall–Kier alpha value is -1.62. The number of nitrogens with zero attached hydrogens (tertiary/aromatic N) is 1. The molecule has 0 aromatic carbocycles. The van der Waals surface area contributed by atoms with Gasteiger partial charge in [-0.15, -0.1) is 0 Å². The lowest BCUT2D eigenvalue weighted by molar-refractivity contribution is -0.149. The van der Waals surface area contributed by atoms with Gasteiger partial charge in [-0.1, -0.05) is 18.7 Å². The molecule has 1 amide bonds. The molecule has 92 valence electrons. The summed E-state index contributed by atoms with van der Waals surface area (Å²) in [6, 6.07) is -1.63. The van der Waals surface area contributed by atoms with E-state index < -0.39 is 18.1 Å². The molecule has 0 unspecified atom stereocenters. The second-order valence-electron chi connectivity index (χ2n) is 4.51. The highest BCUT2D eigenvalue weighted by atomic mass is 16.4. The van der Waals surface area contributed by atoms with E-state index in [1.54, 1.807) is 0 Å². The van der Waals surface area contributed by atoms with Crippen LogP contribution in [0.25, 0.3) is 0 Å². The number of amides is 1. The molecule has 2 aliphatic rings. The van der Waals surface area contributed by atoms with Crippen molar-refractivity contribution >= 4 is 11.9 Å². The van der Waals surface area contributed by atoms with Gasteiger partial charge in [0.2, 0.25) is 5.91 Å². The molecule has 2 heterocycles. The van der Waals surface area contributed by atoms with Crippen molar-refractivity contribution in [2.75, 3.05) is 0 Å². The van der Waals surface area contributed by atoms with E-state index in [1.807, 2.05) is 12.2 Å². The molecule has 0 radical (unpaired) electrons. The fourth-order valence-electron chi connectivity index (χ4n) is 2.49. The molecule has 0 aliphatic carbocycles. The number of nitrogens with two attached hydrogens (primary N) is 1. The molecule has 2 rings (SSSR count). The molecule has 0 aromatic rings. The van der Waals surface area contributed by atoms with Gasteiger partial charge in [0.1, 0.15) is 6.04 Å². The monoisotopic (exact) mass is 236 g/mol. The van der Waals surface area contributed by atoms with Crippen molar-refractivity contribution in [3.05, 3.63) is 24.3 Å². The molecule has 2 aliphatic heterocycles. The zero-order valence-corrected chi connectivity index (χ0v) is 9.50. The quantitative estimate of drug-likeness (QED) is 0.684. The third-order valence-electron chi connectivity index (χ3n) is 3.39. The minimum Gasteiger partial charge on any atom is -0.480 e. The second-order valence-corrected chi connectivity index (χ2v) is 4.51. The summed E-state index contributed by atoms with van der Waals surface area (Å²) in [5, 5.41) is 9.12. The molecule has 3 atom stereocenters. The zero-order valence-electron chi connectivity index (χ0n) is 9.50. The van der Waals surface area contributed by atoms with Crippen LogP contribution in [-0.2, 0) is 9.59 Å². The minimum absolute atomic E-state index is 0.216. The summed E-state index contributed by atoms with van der Waals surface area (Å²) < 4.78 is 0. The van der Waals surface area contributed by atoms with Crippen molar-refractivity contribution in [2.45, 2.75) is 37.4 Å². The van der Waals surface area contributed by atoms with Gasteiger partial charge in [0.25, 0.3) is 0 Å². The molecule has 0 spiro atoms. The van der Waals surface area contributed by atoms with Crippen molar-refractivity contribution in [1.82, 2.24) is 4.90 Å². The Morgan fingerprint density at radius 1 is 1.53 bits per heavy atom. The van der Waals surface area contributed by atoms with Crippen LogP contribution < -0.4 is 5.73 Å². The van der Waals surface area contributed by atoms with Crippen LogP contribution in [0.2, 0.25) is 0 Å². The average Bonchev–Trinajstić information content (AvgIpc) is 2.70. The first-order chi connectivity index (χ1) is 8.02. The fourth-order valence-corrected chi connectivity index (χ4v) is 2.49. The molecule has 0 bridgehead atoms. The Kier molecular flexibility index (Phi) is 3.02. The van der Waals surface area contributed by atoms with E-state index in [0.29, 0.717) is 19.3 Å². The van der Waals surface area contributed by atoms with Crippen LogP contribution >= 0.6 is 0 Å². The van der Waals surface area contributed by atoms with Crippen molar-refractivity contribution in [2.24, 2.45) is 5.73 Å². The molecular weight excluding hydrogens is 220 g/mol. The number of hydrogen-bond acceptors (Lipinski definition) is 3. The predicted molar refractivity (Wildman–Crippen MR) is 62.2 cm³/mol. The third-order valence-corrected chi connectivity index (χ3v) is 3.39. The molecule has 0 aromatic heterocycles. The van der Waals surface area contributed by atoms with Crippen molar-refractivity contribution in [3.63, 3.8) is 0 Å². The molecule has 1 fully saturated rings. The number of hydrogen-bond donors (Lipinski definition) is 2. The van der Waals surface area contributed by atoms with Crippen LogP contribution in [0.5, 0.6) is 0 Å². The third kappa shape index (κ3) is 1.98. The van der Waals surface area contributed by atoms with Crippen LogP contribution in [0, 0.1) is 0 Å². The fraction of sp³-hybridized carbons (Fsp3) is 0.500. The Morgan fingerprint density at radius 2 is 2.24 bits per heavy atom. The number of fused-ring (bicyclic) bond motifs is 1. The molecule has 0 saturated carbocycles. The van der Waals surface area contributed by atoms with Gasteiger partial charge in [-0.3, -0.25) is 4.79 Å². The van der Waals surface area contributed by atoms with Gasteiger partial charge in [-0.2, -0.15) is 0 Å². The molecule has 5 heteroatoms. The number of carbonyl (C=O) groups excluding carboxylic acids is 1. The number of rotatable bonds is 1. The lowest BCUT2D eigenvalue weighted by atomic mass is 10.0. The maximum absolute atomic E-state index is 12.1. The van der Waals surface area contributed by atoms with Gasteiger partial charge >= 0.3 is 5.97 Å². The Bertz CT molecular complexity index is 403. The summed E-state index contributed by atoms with van der Waals surface area (Å²) in [7, 11) is 0. The first-order valence-electron chi connectivity index (χ1n) is 5.68. The predicted octanol–water partition coefficient (Wildman–Crippen LogP) is 0.274. The van der Waals surface area contributed by atoms with E-state index in [1.165, 1.54) is 4.90 Å². The summed E-state index contributed by atoms with van der Waals surface area (Å²) in [4.78, 5) is 24.6. The molecule has 5 nitrogen and oxygen atoms in total. The van der Waals surface area contributed by atoms with Gasteiger partial charge < -0.3 is 15.7 Å². The highest BCUT2D eigenvalue weighted by Crippen LogP contribution is 2.31. The van der Waals surface area contributed by atoms with Crippen LogP contribution in [0.4, 0.5) is 0 Å². The van der Waals surface area contributed by atoms with Crippen LogP contribution in [0.1, 0.15) is 19.3 Å². The van der Waals surface area contributed by atoms with E-state index >= 15 is 0 Å². The van der Waals surface area contributed by atoms with Gasteiger partial charge in [0.05, 0.1) is 12.1 Å². The first kappa shape index (κ1) is 11.9. The largest absolute Gasteiger partial charge is 0.480 e.